The molecule has 110 valence electrons. The zero-order valence-electron chi connectivity index (χ0n) is 12.6. The Bertz CT molecular complexity index is 350. The van der Waals surface area contributed by atoms with Crippen molar-refractivity contribution in [2.45, 2.75) is 77.5 Å². The van der Waals surface area contributed by atoms with Gasteiger partial charge in [-0.15, -0.1) is 0 Å². The Kier molecular flexibility index (Phi) is 3.83. The van der Waals surface area contributed by atoms with Gasteiger partial charge in [0.15, 0.2) is 0 Å². The van der Waals surface area contributed by atoms with Gasteiger partial charge in [0.1, 0.15) is 5.60 Å². The Morgan fingerprint density at radius 3 is 2.63 bits per heavy atom. The highest BCUT2D eigenvalue weighted by Gasteiger charge is 2.49. The summed E-state index contributed by atoms with van der Waals surface area (Å²) < 4.78 is 5.51. The molecule has 0 unspecified atom stereocenters. The van der Waals surface area contributed by atoms with Crippen LogP contribution >= 0.6 is 0 Å². The molecule has 1 aliphatic carbocycles. The van der Waals surface area contributed by atoms with Gasteiger partial charge in [0.25, 0.3) is 0 Å². The molecule has 4 heteroatoms. The second-order valence-corrected chi connectivity index (χ2v) is 7.25. The number of piperidine rings is 1. The summed E-state index contributed by atoms with van der Waals surface area (Å²) in [7, 11) is 0. The molecular weight excluding hydrogens is 242 g/mol. The minimum absolute atomic E-state index is 0.125. The van der Waals surface area contributed by atoms with Gasteiger partial charge in [-0.2, -0.15) is 0 Å². The van der Waals surface area contributed by atoms with Crippen molar-refractivity contribution >= 4 is 6.09 Å². The maximum Gasteiger partial charge on any atom is 0.410 e. The first kappa shape index (κ1) is 14.6. The van der Waals surface area contributed by atoms with Crippen molar-refractivity contribution in [2.75, 3.05) is 6.54 Å². The van der Waals surface area contributed by atoms with Crippen LogP contribution in [-0.4, -0.2) is 40.4 Å². The predicted molar refractivity (Wildman–Crippen MR) is 73.9 cm³/mol. The minimum atomic E-state index is -0.460. The van der Waals surface area contributed by atoms with E-state index in [0.717, 1.165) is 38.6 Å². The number of rotatable bonds is 0. The van der Waals surface area contributed by atoms with Gasteiger partial charge in [-0.3, -0.25) is 0 Å². The van der Waals surface area contributed by atoms with E-state index in [1.807, 2.05) is 25.7 Å². The molecule has 2 fully saturated rings. The molecule has 0 spiro atoms. The van der Waals surface area contributed by atoms with Crippen LogP contribution in [0, 0.1) is 5.41 Å². The summed E-state index contributed by atoms with van der Waals surface area (Å²) in [5.74, 6) is 0. The fraction of sp³-hybridized carbons (Fsp3) is 0.933. The van der Waals surface area contributed by atoms with Crippen LogP contribution in [0.1, 0.15) is 59.8 Å². The van der Waals surface area contributed by atoms with E-state index in [2.05, 4.69) is 6.92 Å². The van der Waals surface area contributed by atoms with Crippen molar-refractivity contribution in [3.8, 4) is 0 Å². The SMILES string of the molecule is CC(C)(C)OC(=O)N1CCC[C@@]2(C)[C@@H](O)CCC[C@@H]12. The average molecular weight is 269 g/mol. The van der Waals surface area contributed by atoms with E-state index in [1.165, 1.54) is 0 Å². The van der Waals surface area contributed by atoms with E-state index < -0.39 is 5.60 Å². The number of hydrogen-bond acceptors (Lipinski definition) is 3. The smallest absolute Gasteiger partial charge is 0.410 e. The fourth-order valence-corrected chi connectivity index (χ4v) is 3.56. The van der Waals surface area contributed by atoms with Crippen LogP contribution in [0.5, 0.6) is 0 Å². The molecule has 1 heterocycles. The highest BCUT2D eigenvalue weighted by atomic mass is 16.6. The largest absolute Gasteiger partial charge is 0.444 e. The Hall–Kier alpha value is -0.770. The molecule has 19 heavy (non-hydrogen) atoms. The number of likely N-dealkylation sites (tertiary alicyclic amines) is 1. The highest BCUT2D eigenvalue weighted by molar-refractivity contribution is 5.69. The first-order valence-corrected chi connectivity index (χ1v) is 7.42. The molecule has 2 rings (SSSR count). The van der Waals surface area contributed by atoms with Crippen molar-refractivity contribution in [3.05, 3.63) is 0 Å². The van der Waals surface area contributed by atoms with E-state index in [-0.39, 0.29) is 23.7 Å². The van der Waals surface area contributed by atoms with Crippen molar-refractivity contribution in [2.24, 2.45) is 5.41 Å². The molecular formula is C15H27NO3. The van der Waals surface area contributed by atoms with Crippen LogP contribution in [0.4, 0.5) is 4.79 Å². The van der Waals surface area contributed by atoms with Gasteiger partial charge in [-0.05, 0) is 52.9 Å². The molecule has 0 aromatic carbocycles. The molecule has 1 saturated heterocycles. The number of fused-ring (bicyclic) bond motifs is 1. The molecule has 1 aliphatic heterocycles. The monoisotopic (exact) mass is 269 g/mol. The van der Waals surface area contributed by atoms with Crippen LogP contribution in [-0.2, 0) is 4.74 Å². The third-order valence-corrected chi connectivity index (χ3v) is 4.60. The summed E-state index contributed by atoms with van der Waals surface area (Å²) in [4.78, 5) is 14.2. The average Bonchev–Trinajstić information content (AvgIpc) is 2.27. The second-order valence-electron chi connectivity index (χ2n) is 7.25. The standard InChI is InChI=1S/C15H27NO3/c1-14(2,3)19-13(18)16-10-6-9-15(4)11(16)7-5-8-12(15)17/h11-12,17H,5-10H2,1-4H3/t11-,12+,15-/m1/s1. The number of ether oxygens (including phenoxy) is 1. The number of amides is 1. The topological polar surface area (TPSA) is 49.8 Å². The van der Waals surface area contributed by atoms with Crippen molar-refractivity contribution in [3.63, 3.8) is 0 Å². The zero-order valence-corrected chi connectivity index (χ0v) is 12.6. The highest BCUT2D eigenvalue weighted by Crippen LogP contribution is 2.45. The van der Waals surface area contributed by atoms with E-state index in [9.17, 15) is 9.90 Å². The molecule has 4 nitrogen and oxygen atoms in total. The molecule has 0 bridgehead atoms. The molecule has 0 radical (unpaired) electrons. The fourth-order valence-electron chi connectivity index (χ4n) is 3.56. The zero-order chi connectivity index (χ0) is 14.3. The molecule has 1 N–H and O–H groups in total. The summed E-state index contributed by atoms with van der Waals surface area (Å²) in [5, 5.41) is 10.3. The van der Waals surface area contributed by atoms with Crippen LogP contribution in [0.3, 0.4) is 0 Å². The van der Waals surface area contributed by atoms with Gasteiger partial charge in [-0.1, -0.05) is 6.92 Å². The third-order valence-electron chi connectivity index (χ3n) is 4.60. The molecule has 0 aromatic heterocycles. The maximum absolute atomic E-state index is 12.3. The summed E-state index contributed by atoms with van der Waals surface area (Å²) in [6, 6.07) is 0.125. The molecule has 2 aliphatic rings. The predicted octanol–water partition coefficient (Wildman–Crippen LogP) is 2.94. The van der Waals surface area contributed by atoms with Gasteiger partial charge < -0.3 is 14.7 Å². The van der Waals surface area contributed by atoms with E-state index in [4.69, 9.17) is 4.74 Å². The Balaban J connectivity index is 2.15. The van der Waals surface area contributed by atoms with Crippen molar-refractivity contribution in [1.29, 1.82) is 0 Å². The molecule has 1 amide bonds. The number of nitrogens with zero attached hydrogens (tertiary/aromatic N) is 1. The van der Waals surface area contributed by atoms with Crippen LogP contribution < -0.4 is 0 Å². The molecule has 3 atom stereocenters. The number of hydrogen-bond donors (Lipinski definition) is 1. The van der Waals surface area contributed by atoms with E-state index in [0.29, 0.717) is 0 Å². The van der Waals surface area contributed by atoms with Crippen molar-refractivity contribution < 1.29 is 14.6 Å². The molecule has 0 aromatic rings. The number of carbonyl (C=O) groups excluding carboxylic acids is 1. The molecule has 1 saturated carbocycles. The summed E-state index contributed by atoms with van der Waals surface area (Å²) >= 11 is 0. The van der Waals surface area contributed by atoms with Gasteiger partial charge in [0.2, 0.25) is 0 Å². The van der Waals surface area contributed by atoms with Gasteiger partial charge in [-0.25, -0.2) is 4.79 Å². The lowest BCUT2D eigenvalue weighted by Crippen LogP contribution is -2.60. The summed E-state index contributed by atoms with van der Waals surface area (Å²) in [5.41, 5.74) is -0.619. The van der Waals surface area contributed by atoms with Crippen LogP contribution in [0.2, 0.25) is 0 Å². The Morgan fingerprint density at radius 1 is 1.32 bits per heavy atom. The third kappa shape index (κ3) is 2.88. The van der Waals surface area contributed by atoms with E-state index >= 15 is 0 Å². The van der Waals surface area contributed by atoms with Gasteiger partial charge in [0.05, 0.1) is 6.10 Å². The minimum Gasteiger partial charge on any atom is -0.444 e. The second kappa shape index (κ2) is 4.97. The quantitative estimate of drug-likeness (QED) is 0.735. The first-order valence-electron chi connectivity index (χ1n) is 7.42. The van der Waals surface area contributed by atoms with Crippen LogP contribution in [0.15, 0.2) is 0 Å². The summed E-state index contributed by atoms with van der Waals surface area (Å²) in [6.07, 6.45) is 4.25. The lowest BCUT2D eigenvalue weighted by molar-refractivity contribution is -0.0935. The summed E-state index contributed by atoms with van der Waals surface area (Å²) in [6.45, 7) is 8.55. The normalized spacial score (nSPS) is 35.7. The maximum atomic E-state index is 12.3. The van der Waals surface area contributed by atoms with Gasteiger partial charge >= 0.3 is 6.09 Å². The Morgan fingerprint density at radius 2 is 2.00 bits per heavy atom. The van der Waals surface area contributed by atoms with E-state index in [1.54, 1.807) is 0 Å². The number of carbonyl (C=O) groups is 1. The van der Waals surface area contributed by atoms with Gasteiger partial charge in [0, 0.05) is 18.0 Å². The van der Waals surface area contributed by atoms with Crippen LogP contribution in [0.25, 0.3) is 0 Å². The lowest BCUT2D eigenvalue weighted by Gasteiger charge is -2.53. The van der Waals surface area contributed by atoms with Crippen molar-refractivity contribution in [1.82, 2.24) is 4.90 Å². The number of aliphatic hydroxyl groups is 1. The first-order chi connectivity index (χ1) is 8.74. The Labute approximate surface area is 116 Å². The number of aliphatic hydroxyl groups excluding tert-OH is 1. The lowest BCUT2D eigenvalue weighted by atomic mass is 9.64.